The van der Waals surface area contributed by atoms with E-state index in [2.05, 4.69) is 25.6 Å². The Morgan fingerprint density at radius 1 is 1.07 bits per heavy atom. The van der Waals surface area contributed by atoms with Crippen molar-refractivity contribution in [1.82, 2.24) is 19.7 Å². The number of hydrogen-bond acceptors (Lipinski definition) is 5. The van der Waals surface area contributed by atoms with Gasteiger partial charge in [-0.1, -0.05) is 40.9 Å². The van der Waals surface area contributed by atoms with Crippen molar-refractivity contribution in [2.24, 2.45) is 5.10 Å². The third kappa shape index (κ3) is 4.58. The van der Waals surface area contributed by atoms with Crippen LogP contribution in [0.15, 0.2) is 29.4 Å². The monoisotopic (exact) mass is 422 g/mol. The summed E-state index contributed by atoms with van der Waals surface area (Å²) in [7, 11) is 0. The van der Waals surface area contributed by atoms with Crippen molar-refractivity contribution in [3.63, 3.8) is 0 Å². The van der Waals surface area contributed by atoms with E-state index in [1.165, 1.54) is 0 Å². The molecule has 9 heteroatoms. The van der Waals surface area contributed by atoms with Gasteiger partial charge in [0.15, 0.2) is 0 Å². The molecule has 0 aliphatic carbocycles. The summed E-state index contributed by atoms with van der Waals surface area (Å²) >= 11 is 19.0. The van der Waals surface area contributed by atoms with Crippen molar-refractivity contribution in [2.45, 2.75) is 27.3 Å². The molecule has 0 amide bonds. The van der Waals surface area contributed by atoms with Crippen molar-refractivity contribution in [1.29, 1.82) is 0 Å². The van der Waals surface area contributed by atoms with Gasteiger partial charge < -0.3 is 0 Å². The van der Waals surface area contributed by atoms with E-state index in [-0.39, 0.29) is 0 Å². The molecule has 2 heterocycles. The molecule has 1 aromatic carbocycles. The highest BCUT2D eigenvalue weighted by atomic mass is 35.5. The Morgan fingerprint density at radius 3 is 2.33 bits per heavy atom. The van der Waals surface area contributed by atoms with Crippen LogP contribution in [0, 0.1) is 20.8 Å². The molecule has 3 aromatic rings. The summed E-state index contributed by atoms with van der Waals surface area (Å²) in [5.41, 5.74) is 6.72. The van der Waals surface area contributed by atoms with Crippen LogP contribution in [-0.4, -0.2) is 26.0 Å². The molecular formula is C18H17Cl3N6. The first-order valence-electron chi connectivity index (χ1n) is 8.12. The number of halogens is 3. The van der Waals surface area contributed by atoms with Crippen LogP contribution in [0.1, 0.15) is 28.2 Å². The van der Waals surface area contributed by atoms with Gasteiger partial charge in [0, 0.05) is 27.0 Å². The fourth-order valence-corrected chi connectivity index (χ4v) is 3.38. The summed E-state index contributed by atoms with van der Waals surface area (Å²) in [5, 5.41) is 10.2. The summed E-state index contributed by atoms with van der Waals surface area (Å²) in [6.45, 7) is 6.01. The van der Waals surface area contributed by atoms with E-state index in [0.717, 1.165) is 22.6 Å². The molecule has 0 spiro atoms. The van der Waals surface area contributed by atoms with Crippen LogP contribution in [0.3, 0.4) is 0 Å². The van der Waals surface area contributed by atoms with Gasteiger partial charge in [-0.15, -0.1) is 0 Å². The maximum absolute atomic E-state index is 6.48. The molecule has 0 fully saturated rings. The first-order chi connectivity index (χ1) is 12.8. The maximum Gasteiger partial charge on any atom is 0.243 e. The van der Waals surface area contributed by atoms with Crippen molar-refractivity contribution in [3.05, 3.63) is 67.7 Å². The van der Waals surface area contributed by atoms with Gasteiger partial charge in [0.25, 0.3) is 0 Å². The van der Waals surface area contributed by atoms with Crippen LogP contribution in [0.4, 0.5) is 5.95 Å². The molecule has 2 aromatic heterocycles. The molecule has 1 N–H and O–H groups in total. The first-order valence-corrected chi connectivity index (χ1v) is 9.25. The van der Waals surface area contributed by atoms with Crippen molar-refractivity contribution in [3.8, 4) is 0 Å². The zero-order chi connectivity index (χ0) is 19.6. The lowest BCUT2D eigenvalue weighted by molar-refractivity contribution is 0.680. The second-order valence-corrected chi connectivity index (χ2v) is 7.16. The molecule has 0 radical (unpaired) electrons. The fourth-order valence-electron chi connectivity index (χ4n) is 2.58. The van der Waals surface area contributed by atoms with E-state index in [9.17, 15) is 0 Å². The lowest BCUT2D eigenvalue weighted by Crippen LogP contribution is -2.03. The highest BCUT2D eigenvalue weighted by Crippen LogP contribution is 2.27. The van der Waals surface area contributed by atoms with Gasteiger partial charge in [0.2, 0.25) is 5.95 Å². The number of benzene rings is 1. The van der Waals surface area contributed by atoms with E-state index >= 15 is 0 Å². The molecule has 0 bridgehead atoms. The highest BCUT2D eigenvalue weighted by Gasteiger charge is 2.14. The average Bonchev–Trinajstić information content (AvgIpc) is 2.85. The Hall–Kier alpha value is -2.15. The van der Waals surface area contributed by atoms with Crippen LogP contribution in [0.5, 0.6) is 0 Å². The number of rotatable bonds is 5. The lowest BCUT2D eigenvalue weighted by atomic mass is 10.2. The van der Waals surface area contributed by atoms with Gasteiger partial charge in [0.1, 0.15) is 5.15 Å². The van der Waals surface area contributed by atoms with E-state index in [1.54, 1.807) is 29.1 Å². The van der Waals surface area contributed by atoms with Gasteiger partial charge in [-0.2, -0.15) is 10.2 Å². The zero-order valence-corrected chi connectivity index (χ0v) is 17.2. The van der Waals surface area contributed by atoms with Crippen molar-refractivity contribution < 1.29 is 0 Å². The molecule has 0 atom stereocenters. The number of aromatic nitrogens is 4. The smallest absolute Gasteiger partial charge is 0.243 e. The molecule has 6 nitrogen and oxygen atoms in total. The summed E-state index contributed by atoms with van der Waals surface area (Å²) in [6.07, 6.45) is 1.59. The summed E-state index contributed by atoms with van der Waals surface area (Å²) in [4.78, 5) is 8.54. The molecule has 27 heavy (non-hydrogen) atoms. The van der Waals surface area contributed by atoms with Gasteiger partial charge >= 0.3 is 0 Å². The Morgan fingerprint density at radius 2 is 1.70 bits per heavy atom. The van der Waals surface area contributed by atoms with Crippen LogP contribution >= 0.6 is 34.8 Å². The number of nitrogens with one attached hydrogen (secondary N) is 1. The number of anilines is 1. The SMILES string of the molecule is Cc1cc(C)nc(N/N=C/c2c(C)nn(Cc3c(Cl)cccc3Cl)c2Cl)n1. The molecule has 0 unspecified atom stereocenters. The molecule has 0 saturated carbocycles. The Labute approximate surface area is 172 Å². The largest absolute Gasteiger partial charge is 0.249 e. The van der Waals surface area contributed by atoms with E-state index in [1.807, 2.05) is 26.8 Å². The summed E-state index contributed by atoms with van der Waals surface area (Å²) in [6, 6.07) is 7.25. The summed E-state index contributed by atoms with van der Waals surface area (Å²) in [5.74, 6) is 0.424. The molecule has 0 aliphatic heterocycles. The van der Waals surface area contributed by atoms with Gasteiger partial charge in [-0.05, 0) is 39.0 Å². The van der Waals surface area contributed by atoms with E-state index in [4.69, 9.17) is 34.8 Å². The first kappa shape index (κ1) is 19.6. The molecule has 0 saturated heterocycles. The van der Waals surface area contributed by atoms with Gasteiger partial charge in [0.05, 0.1) is 24.0 Å². The van der Waals surface area contributed by atoms with Crippen LogP contribution in [0.25, 0.3) is 0 Å². The minimum Gasteiger partial charge on any atom is -0.249 e. The Kier molecular flexibility index (Phi) is 5.99. The predicted octanol–water partition coefficient (Wildman–Crippen LogP) is 5.05. The van der Waals surface area contributed by atoms with Crippen molar-refractivity contribution in [2.75, 3.05) is 5.43 Å². The van der Waals surface area contributed by atoms with Gasteiger partial charge in [-0.3, -0.25) is 0 Å². The van der Waals surface area contributed by atoms with Crippen molar-refractivity contribution >= 4 is 47.0 Å². The topological polar surface area (TPSA) is 68.0 Å². The Bertz CT molecular complexity index is 972. The minimum absolute atomic E-state index is 0.361. The second kappa shape index (κ2) is 8.25. The molecule has 3 rings (SSSR count). The number of nitrogens with zero attached hydrogens (tertiary/aromatic N) is 5. The Balaban J connectivity index is 1.81. The number of hydrogen-bond donors (Lipinski definition) is 1. The van der Waals surface area contributed by atoms with Crippen LogP contribution in [0.2, 0.25) is 15.2 Å². The van der Waals surface area contributed by atoms with Crippen LogP contribution in [-0.2, 0) is 6.54 Å². The van der Waals surface area contributed by atoms with E-state index in [0.29, 0.717) is 33.3 Å². The summed E-state index contributed by atoms with van der Waals surface area (Å²) < 4.78 is 1.64. The third-order valence-corrected chi connectivity index (χ3v) is 4.93. The predicted molar refractivity (Wildman–Crippen MR) is 110 cm³/mol. The zero-order valence-electron chi connectivity index (χ0n) is 15.0. The average molecular weight is 424 g/mol. The normalized spacial score (nSPS) is 11.3. The van der Waals surface area contributed by atoms with E-state index < -0.39 is 0 Å². The number of aryl methyl sites for hydroxylation is 3. The fraction of sp³-hybridized carbons (Fsp3) is 0.222. The van der Waals surface area contributed by atoms with Gasteiger partial charge in [-0.25, -0.2) is 20.1 Å². The third-order valence-electron chi connectivity index (χ3n) is 3.82. The molecular weight excluding hydrogens is 407 g/mol. The van der Waals surface area contributed by atoms with Crippen LogP contribution < -0.4 is 5.43 Å². The second-order valence-electron chi connectivity index (χ2n) is 5.99. The minimum atomic E-state index is 0.361. The molecule has 0 aliphatic rings. The highest BCUT2D eigenvalue weighted by molar-refractivity contribution is 6.36. The lowest BCUT2D eigenvalue weighted by Gasteiger charge is -2.08. The number of hydrazone groups is 1. The molecule has 140 valence electrons. The maximum atomic E-state index is 6.48. The quantitative estimate of drug-likeness (QED) is 0.460. The standard InChI is InChI=1S/C18H17Cl3N6/c1-10-7-11(2)24-18(23-10)25-22-8-13-12(3)26-27(17(13)21)9-14-15(19)5-4-6-16(14)20/h4-8H,9H2,1-3H3,(H,23,24,25)/b22-8+.